The number of H-pyrrole nitrogens is 1. The molecule has 0 amide bonds. The third-order valence-electron chi connectivity index (χ3n) is 8.58. The van der Waals surface area contributed by atoms with Crippen molar-refractivity contribution in [2.45, 2.75) is 50.6 Å². The van der Waals surface area contributed by atoms with Gasteiger partial charge < -0.3 is 9.72 Å². The van der Waals surface area contributed by atoms with Crippen molar-refractivity contribution in [1.82, 2.24) is 19.3 Å². The molecule has 11 heteroatoms. The first kappa shape index (κ1) is 28.0. The highest BCUT2D eigenvalue weighted by Crippen LogP contribution is 2.40. The largest absolute Gasteiger partial charge is 0.493 e. The molecule has 7 nitrogen and oxygen atoms in total. The van der Waals surface area contributed by atoms with Crippen LogP contribution in [0, 0.1) is 11.8 Å². The van der Waals surface area contributed by atoms with Crippen LogP contribution >= 0.6 is 0 Å². The molecule has 1 aromatic carbocycles. The molecule has 41 heavy (non-hydrogen) atoms. The number of aromatic amines is 1. The normalized spacial score (nSPS) is 22.8. The summed E-state index contributed by atoms with van der Waals surface area (Å²) >= 11 is 0. The smallest absolute Gasteiger partial charge is 0.416 e. The lowest BCUT2D eigenvalue weighted by Gasteiger charge is -2.34. The van der Waals surface area contributed by atoms with Crippen molar-refractivity contribution >= 4 is 31.8 Å². The van der Waals surface area contributed by atoms with E-state index in [0.29, 0.717) is 24.8 Å². The first-order valence-electron chi connectivity index (χ1n) is 14.2. The number of pyridine rings is 2. The van der Waals surface area contributed by atoms with Crippen LogP contribution in [0.4, 0.5) is 13.2 Å². The van der Waals surface area contributed by atoms with Gasteiger partial charge in [-0.25, -0.2) is 22.7 Å². The number of ether oxygens (including phenoxy) is 1. The summed E-state index contributed by atoms with van der Waals surface area (Å²) in [5.41, 5.74) is 1.19. The van der Waals surface area contributed by atoms with E-state index in [-0.39, 0.29) is 24.2 Å². The Morgan fingerprint density at radius 3 is 2.51 bits per heavy atom. The van der Waals surface area contributed by atoms with Gasteiger partial charge in [0.15, 0.2) is 5.65 Å². The SMILES string of the molecule is O=S(=O)(CC1CCC(c2[nH]ccc3cnc4nccc4c23)CC1)N1CCCC(COc2ccc(C(F)(F)F)cc2)C1. The van der Waals surface area contributed by atoms with Crippen LogP contribution < -0.4 is 4.74 Å². The summed E-state index contributed by atoms with van der Waals surface area (Å²) in [6.45, 7) is 1.14. The number of alkyl halides is 3. The lowest BCUT2D eigenvalue weighted by atomic mass is 9.80. The van der Waals surface area contributed by atoms with Gasteiger partial charge in [0.1, 0.15) is 5.75 Å². The van der Waals surface area contributed by atoms with E-state index in [1.54, 1.807) is 10.5 Å². The third kappa shape index (κ3) is 6.06. The Kier molecular flexibility index (Phi) is 7.67. The van der Waals surface area contributed by atoms with Gasteiger partial charge in [-0.05, 0) is 86.8 Å². The molecule has 218 valence electrons. The Labute approximate surface area is 237 Å². The minimum atomic E-state index is -4.39. The highest BCUT2D eigenvalue weighted by atomic mass is 32.2. The molecule has 1 aliphatic heterocycles. The summed E-state index contributed by atoms with van der Waals surface area (Å²) in [7, 11) is -3.43. The molecule has 1 saturated heterocycles. The Hall–Kier alpha value is -3.18. The first-order valence-corrected chi connectivity index (χ1v) is 15.8. The predicted octanol–water partition coefficient (Wildman–Crippen LogP) is 6.52. The Bertz CT molecular complexity index is 1610. The van der Waals surface area contributed by atoms with Crippen LogP contribution in [0.25, 0.3) is 21.8 Å². The average Bonchev–Trinajstić information content (AvgIpc) is 3.45. The number of hydrogen-bond acceptors (Lipinski definition) is 5. The topological polar surface area (TPSA) is 88.2 Å². The van der Waals surface area contributed by atoms with Crippen molar-refractivity contribution in [2.24, 2.45) is 11.8 Å². The maximum absolute atomic E-state index is 13.4. The summed E-state index contributed by atoms with van der Waals surface area (Å²) in [4.78, 5) is 12.3. The molecule has 1 saturated carbocycles. The van der Waals surface area contributed by atoms with Crippen molar-refractivity contribution in [1.29, 1.82) is 0 Å². The standard InChI is InChI=1S/C30H33F3N4O3S/c31-30(32,33)24-7-9-25(10-8-24)40-18-21-2-1-15-37(17-21)41(38,39)19-20-3-5-22(6-4-20)28-27-23(11-13-34-28)16-36-29-26(27)12-14-35-29/h7-14,16,20-22,34H,1-6,15,17-19H2. The number of fused-ring (bicyclic) bond motifs is 3. The van der Waals surface area contributed by atoms with E-state index in [1.807, 2.05) is 24.5 Å². The number of sulfonamides is 1. The van der Waals surface area contributed by atoms with E-state index in [9.17, 15) is 21.6 Å². The highest BCUT2D eigenvalue weighted by Gasteiger charge is 2.34. The Morgan fingerprint density at radius 2 is 1.76 bits per heavy atom. The van der Waals surface area contributed by atoms with Gasteiger partial charge in [0.2, 0.25) is 10.0 Å². The van der Waals surface area contributed by atoms with Gasteiger partial charge in [0.25, 0.3) is 0 Å². The summed E-state index contributed by atoms with van der Waals surface area (Å²) in [6.07, 6.45) is 6.27. The van der Waals surface area contributed by atoms with E-state index in [2.05, 4.69) is 15.0 Å². The van der Waals surface area contributed by atoms with Gasteiger partial charge in [0, 0.05) is 59.5 Å². The molecule has 0 bridgehead atoms. The summed E-state index contributed by atoms with van der Waals surface area (Å²) < 4.78 is 72.5. The molecule has 2 aliphatic rings. The van der Waals surface area contributed by atoms with Crippen molar-refractivity contribution in [3.8, 4) is 5.75 Å². The number of rotatable bonds is 7. The molecule has 1 atom stereocenters. The second-order valence-corrected chi connectivity index (χ2v) is 13.4. The number of hydrogen-bond donors (Lipinski definition) is 1. The number of nitrogens with one attached hydrogen (secondary N) is 1. The maximum Gasteiger partial charge on any atom is 0.416 e. The lowest BCUT2D eigenvalue weighted by Crippen LogP contribution is -2.43. The zero-order valence-electron chi connectivity index (χ0n) is 22.6. The Balaban J connectivity index is 1.04. The lowest BCUT2D eigenvalue weighted by molar-refractivity contribution is -0.137. The number of aromatic nitrogens is 3. The fourth-order valence-corrected chi connectivity index (χ4v) is 8.39. The van der Waals surface area contributed by atoms with Crippen molar-refractivity contribution in [3.63, 3.8) is 0 Å². The van der Waals surface area contributed by atoms with Crippen LogP contribution in [-0.2, 0) is 16.2 Å². The van der Waals surface area contributed by atoms with Gasteiger partial charge in [-0.15, -0.1) is 0 Å². The number of nitrogens with zero attached hydrogens (tertiary/aromatic N) is 3. The van der Waals surface area contributed by atoms with E-state index >= 15 is 0 Å². The summed E-state index contributed by atoms with van der Waals surface area (Å²) in [5.74, 6) is 0.921. The molecule has 1 unspecified atom stereocenters. The van der Waals surface area contributed by atoms with E-state index < -0.39 is 21.8 Å². The van der Waals surface area contributed by atoms with Gasteiger partial charge in [0.05, 0.1) is 17.9 Å². The van der Waals surface area contributed by atoms with E-state index in [4.69, 9.17) is 4.74 Å². The van der Waals surface area contributed by atoms with Gasteiger partial charge in [-0.3, -0.25) is 0 Å². The van der Waals surface area contributed by atoms with Crippen LogP contribution in [0.15, 0.2) is 55.0 Å². The molecule has 6 rings (SSSR count). The van der Waals surface area contributed by atoms with Crippen LogP contribution in [0.3, 0.4) is 0 Å². The molecular weight excluding hydrogens is 553 g/mol. The minimum Gasteiger partial charge on any atom is -0.493 e. The maximum atomic E-state index is 13.4. The molecule has 0 spiro atoms. The summed E-state index contributed by atoms with van der Waals surface area (Å²) in [5, 5.41) is 3.27. The van der Waals surface area contributed by atoms with E-state index in [1.165, 1.54) is 17.8 Å². The first-order chi connectivity index (χ1) is 19.7. The van der Waals surface area contributed by atoms with Crippen molar-refractivity contribution in [2.75, 3.05) is 25.4 Å². The highest BCUT2D eigenvalue weighted by molar-refractivity contribution is 7.89. The molecule has 2 fully saturated rings. The summed E-state index contributed by atoms with van der Waals surface area (Å²) in [6, 6.07) is 8.64. The zero-order valence-corrected chi connectivity index (χ0v) is 23.4. The van der Waals surface area contributed by atoms with Crippen molar-refractivity contribution in [3.05, 3.63) is 66.2 Å². The fraction of sp³-hybridized carbons (Fsp3) is 0.467. The van der Waals surface area contributed by atoms with E-state index in [0.717, 1.165) is 72.5 Å². The molecule has 4 aromatic rings. The molecule has 4 heterocycles. The molecule has 0 radical (unpaired) electrons. The monoisotopic (exact) mass is 586 g/mol. The molecule has 3 aromatic heterocycles. The molecular formula is C30H33F3N4O3S. The van der Waals surface area contributed by atoms with Gasteiger partial charge >= 0.3 is 6.18 Å². The third-order valence-corrected chi connectivity index (χ3v) is 10.6. The number of benzene rings is 1. The van der Waals surface area contributed by atoms with Crippen LogP contribution in [-0.4, -0.2) is 53.1 Å². The van der Waals surface area contributed by atoms with Gasteiger partial charge in [-0.2, -0.15) is 13.2 Å². The quantitative estimate of drug-likeness (QED) is 0.266. The van der Waals surface area contributed by atoms with Gasteiger partial charge in [-0.1, -0.05) is 0 Å². The fourth-order valence-electron chi connectivity index (χ4n) is 6.41. The second kappa shape index (κ2) is 11.2. The number of halogens is 3. The number of piperidine rings is 1. The average molecular weight is 587 g/mol. The molecule has 1 aliphatic carbocycles. The van der Waals surface area contributed by atoms with Crippen LogP contribution in [0.1, 0.15) is 55.7 Å². The van der Waals surface area contributed by atoms with Crippen molar-refractivity contribution < 1.29 is 26.3 Å². The minimum absolute atomic E-state index is 0.00421. The second-order valence-electron chi connectivity index (χ2n) is 11.4. The zero-order chi connectivity index (χ0) is 28.6. The molecule has 1 N–H and O–H groups in total. The van der Waals surface area contributed by atoms with Crippen LogP contribution in [0.2, 0.25) is 0 Å². The van der Waals surface area contributed by atoms with Crippen LogP contribution in [0.5, 0.6) is 5.75 Å². The Morgan fingerprint density at radius 1 is 0.976 bits per heavy atom. The predicted molar refractivity (Wildman–Crippen MR) is 151 cm³/mol.